The van der Waals surface area contributed by atoms with Gasteiger partial charge in [-0.3, -0.25) is 4.72 Å². The van der Waals surface area contributed by atoms with Gasteiger partial charge in [-0.15, -0.1) is 10.2 Å². The van der Waals surface area contributed by atoms with Crippen molar-refractivity contribution >= 4 is 42.4 Å². The van der Waals surface area contributed by atoms with Crippen LogP contribution in [0.3, 0.4) is 0 Å². The molecule has 1 aromatic heterocycles. The van der Waals surface area contributed by atoms with Gasteiger partial charge in [0.25, 0.3) is 10.0 Å². The minimum absolute atomic E-state index is 0.189. The van der Waals surface area contributed by atoms with Gasteiger partial charge in [0.2, 0.25) is 5.13 Å². The Hall–Kier alpha value is -0.990. The largest absolute Gasteiger partial charge is 0.264 e. The lowest BCUT2D eigenvalue weighted by molar-refractivity contribution is 0.600. The second-order valence-electron chi connectivity index (χ2n) is 5.14. The molecule has 2 rings (SSSR count). The van der Waals surface area contributed by atoms with Crippen molar-refractivity contribution in [3.8, 4) is 0 Å². The normalized spacial score (nSPS) is 11.9. The highest BCUT2D eigenvalue weighted by atomic mass is 79.9. The van der Waals surface area contributed by atoms with Gasteiger partial charge < -0.3 is 0 Å². The van der Waals surface area contributed by atoms with Crippen molar-refractivity contribution in [3.63, 3.8) is 0 Å². The summed E-state index contributed by atoms with van der Waals surface area (Å²) in [6.07, 6.45) is 0.785. The third-order valence-corrected chi connectivity index (χ3v) is 5.95. The van der Waals surface area contributed by atoms with E-state index in [9.17, 15) is 8.42 Å². The van der Waals surface area contributed by atoms with Gasteiger partial charge in [0, 0.05) is 10.9 Å². The molecule has 0 spiro atoms. The quantitative estimate of drug-likeness (QED) is 0.847. The Labute approximate surface area is 137 Å². The SMILES string of the molecule is Cc1ccc(S(=O)(=O)Nc2nnc(CC(C)C)s2)c(Br)c1. The number of nitrogens with zero attached hydrogens (tertiary/aromatic N) is 2. The van der Waals surface area contributed by atoms with E-state index in [0.717, 1.165) is 17.0 Å². The van der Waals surface area contributed by atoms with E-state index in [0.29, 0.717) is 10.4 Å². The Morgan fingerprint density at radius 1 is 1.33 bits per heavy atom. The van der Waals surface area contributed by atoms with Crippen LogP contribution in [0.4, 0.5) is 5.13 Å². The van der Waals surface area contributed by atoms with Crippen LogP contribution in [0.15, 0.2) is 27.6 Å². The summed E-state index contributed by atoms with van der Waals surface area (Å²) in [4.78, 5) is 0.189. The topological polar surface area (TPSA) is 72.0 Å². The summed E-state index contributed by atoms with van der Waals surface area (Å²) >= 11 is 4.55. The molecule has 21 heavy (non-hydrogen) atoms. The minimum Gasteiger partial charge on any atom is -0.253 e. The lowest BCUT2D eigenvalue weighted by atomic mass is 10.1. The van der Waals surface area contributed by atoms with Crippen LogP contribution in [0.1, 0.15) is 24.4 Å². The monoisotopic (exact) mass is 389 g/mol. The number of sulfonamides is 1. The first-order chi connectivity index (χ1) is 9.78. The van der Waals surface area contributed by atoms with Gasteiger partial charge in [-0.05, 0) is 46.5 Å². The lowest BCUT2D eigenvalue weighted by Gasteiger charge is -2.07. The fourth-order valence-corrected chi connectivity index (χ4v) is 5.10. The Kier molecular flexibility index (Phi) is 5.00. The highest BCUT2D eigenvalue weighted by molar-refractivity contribution is 9.10. The summed E-state index contributed by atoms with van der Waals surface area (Å²) in [6, 6.07) is 5.08. The Bertz CT molecular complexity index is 742. The van der Waals surface area contributed by atoms with E-state index < -0.39 is 10.0 Å². The molecule has 0 aliphatic carbocycles. The van der Waals surface area contributed by atoms with Gasteiger partial charge in [0.1, 0.15) is 9.90 Å². The molecule has 114 valence electrons. The van der Waals surface area contributed by atoms with Gasteiger partial charge in [0.15, 0.2) is 0 Å². The fraction of sp³-hybridized carbons (Fsp3) is 0.385. The van der Waals surface area contributed by atoms with Crippen molar-refractivity contribution in [2.75, 3.05) is 4.72 Å². The minimum atomic E-state index is -3.66. The van der Waals surface area contributed by atoms with Gasteiger partial charge in [0.05, 0.1) is 0 Å². The molecule has 0 aliphatic rings. The molecular weight excluding hydrogens is 374 g/mol. The molecule has 1 aromatic carbocycles. The number of anilines is 1. The van der Waals surface area contributed by atoms with Crippen molar-refractivity contribution in [2.24, 2.45) is 5.92 Å². The van der Waals surface area contributed by atoms with Gasteiger partial charge in [-0.2, -0.15) is 0 Å². The number of benzene rings is 1. The van der Waals surface area contributed by atoms with Gasteiger partial charge in [-0.1, -0.05) is 31.3 Å². The van der Waals surface area contributed by atoms with Crippen molar-refractivity contribution in [2.45, 2.75) is 32.1 Å². The number of hydrogen-bond acceptors (Lipinski definition) is 5. The van der Waals surface area contributed by atoms with Gasteiger partial charge in [-0.25, -0.2) is 8.42 Å². The third-order valence-electron chi connectivity index (χ3n) is 2.65. The molecule has 1 N–H and O–H groups in total. The van der Waals surface area contributed by atoms with E-state index in [4.69, 9.17) is 0 Å². The first-order valence-corrected chi connectivity index (χ1v) is 9.48. The summed E-state index contributed by atoms with van der Waals surface area (Å²) in [7, 11) is -3.66. The van der Waals surface area contributed by atoms with Gasteiger partial charge >= 0.3 is 0 Å². The highest BCUT2D eigenvalue weighted by Gasteiger charge is 2.20. The van der Waals surface area contributed by atoms with Crippen LogP contribution in [0.5, 0.6) is 0 Å². The zero-order valence-corrected chi connectivity index (χ0v) is 15.1. The molecule has 0 saturated heterocycles. The molecule has 0 aliphatic heterocycles. The summed E-state index contributed by atoms with van der Waals surface area (Å²) < 4.78 is 27.7. The predicted octanol–water partition coefficient (Wildman–Crippen LogP) is 3.61. The molecule has 8 heteroatoms. The van der Waals surface area contributed by atoms with E-state index in [1.807, 2.05) is 6.92 Å². The third kappa shape index (κ3) is 4.24. The van der Waals surface area contributed by atoms with Crippen molar-refractivity contribution in [1.82, 2.24) is 10.2 Å². The second kappa shape index (κ2) is 6.41. The smallest absolute Gasteiger partial charge is 0.253 e. The molecule has 0 atom stereocenters. The zero-order chi connectivity index (χ0) is 15.6. The molecule has 0 fully saturated rings. The molecular formula is C13H16BrN3O2S2. The molecule has 2 aromatic rings. The maximum atomic E-state index is 12.4. The average molecular weight is 390 g/mol. The maximum absolute atomic E-state index is 12.4. The van der Waals surface area contributed by atoms with Crippen LogP contribution in [0.25, 0.3) is 0 Å². The molecule has 0 unspecified atom stereocenters. The Morgan fingerprint density at radius 2 is 2.05 bits per heavy atom. The Balaban J connectivity index is 2.23. The summed E-state index contributed by atoms with van der Waals surface area (Å²) in [5.41, 5.74) is 0.982. The van der Waals surface area contributed by atoms with Crippen LogP contribution in [-0.4, -0.2) is 18.6 Å². The summed E-state index contributed by atoms with van der Waals surface area (Å²) in [5, 5.41) is 9.01. The molecule has 5 nitrogen and oxygen atoms in total. The lowest BCUT2D eigenvalue weighted by Crippen LogP contribution is -2.13. The van der Waals surface area contributed by atoms with E-state index >= 15 is 0 Å². The standard InChI is InChI=1S/C13H16BrN3O2S2/c1-8(2)6-12-15-16-13(20-12)17-21(18,19)11-5-4-9(3)7-10(11)14/h4-5,7-8H,6H2,1-3H3,(H,16,17). The molecule has 0 amide bonds. The van der Waals surface area contributed by atoms with E-state index in [1.54, 1.807) is 18.2 Å². The second-order valence-corrected chi connectivity index (χ2v) is 8.71. The van der Waals surface area contributed by atoms with E-state index in [1.165, 1.54) is 11.3 Å². The first kappa shape index (κ1) is 16.4. The number of rotatable bonds is 5. The van der Waals surface area contributed by atoms with E-state index in [-0.39, 0.29) is 10.0 Å². The number of aromatic nitrogens is 2. The molecule has 1 heterocycles. The van der Waals surface area contributed by atoms with Crippen LogP contribution >= 0.6 is 27.3 Å². The molecule has 0 bridgehead atoms. The number of halogens is 1. The van der Waals surface area contributed by atoms with Crippen LogP contribution in [0, 0.1) is 12.8 Å². The zero-order valence-electron chi connectivity index (χ0n) is 11.9. The Morgan fingerprint density at radius 3 is 2.67 bits per heavy atom. The number of nitrogens with one attached hydrogen (secondary N) is 1. The highest BCUT2D eigenvalue weighted by Crippen LogP contribution is 2.26. The fourth-order valence-electron chi connectivity index (χ4n) is 1.72. The van der Waals surface area contributed by atoms with Crippen LogP contribution < -0.4 is 4.72 Å². The first-order valence-electron chi connectivity index (χ1n) is 6.39. The maximum Gasteiger partial charge on any atom is 0.264 e. The van der Waals surface area contributed by atoms with Crippen molar-refractivity contribution in [3.05, 3.63) is 33.2 Å². The van der Waals surface area contributed by atoms with E-state index in [2.05, 4.69) is 44.7 Å². The van der Waals surface area contributed by atoms with Crippen molar-refractivity contribution < 1.29 is 8.42 Å². The van der Waals surface area contributed by atoms with Crippen LogP contribution in [0.2, 0.25) is 0 Å². The van der Waals surface area contributed by atoms with Crippen LogP contribution in [-0.2, 0) is 16.4 Å². The van der Waals surface area contributed by atoms with Crippen molar-refractivity contribution in [1.29, 1.82) is 0 Å². The number of hydrogen-bond donors (Lipinski definition) is 1. The molecule has 0 radical (unpaired) electrons. The summed E-state index contributed by atoms with van der Waals surface area (Å²) in [6.45, 7) is 6.06. The number of aryl methyl sites for hydroxylation is 1. The molecule has 0 saturated carbocycles. The predicted molar refractivity (Wildman–Crippen MR) is 88.1 cm³/mol. The summed E-state index contributed by atoms with van der Waals surface area (Å²) in [5.74, 6) is 0.452. The average Bonchev–Trinajstić information content (AvgIpc) is 2.73.